The van der Waals surface area contributed by atoms with E-state index in [9.17, 15) is 0 Å². The number of thiophene rings is 1. The van der Waals surface area contributed by atoms with Crippen molar-refractivity contribution in [3.05, 3.63) is 57.8 Å². The number of benzene rings is 1. The molecule has 0 amide bonds. The van der Waals surface area contributed by atoms with Crippen molar-refractivity contribution in [2.45, 2.75) is 26.3 Å². The van der Waals surface area contributed by atoms with Crippen molar-refractivity contribution < 1.29 is 4.74 Å². The highest BCUT2D eigenvalue weighted by atomic mass is 32.1. The minimum atomic E-state index is 0.765. The summed E-state index contributed by atoms with van der Waals surface area (Å²) in [5, 5.41) is 6.65. The van der Waals surface area contributed by atoms with Gasteiger partial charge in [-0.05, 0) is 37.5 Å². The molecular formula is C19H27N3OS. The summed E-state index contributed by atoms with van der Waals surface area (Å²) in [6.07, 6.45) is 1.94. The molecule has 0 bridgehead atoms. The molecule has 130 valence electrons. The first-order chi connectivity index (χ1) is 11.8. The van der Waals surface area contributed by atoms with Gasteiger partial charge in [-0.2, -0.15) is 0 Å². The Labute approximate surface area is 149 Å². The molecule has 0 aliphatic heterocycles. The van der Waals surface area contributed by atoms with Gasteiger partial charge in [-0.3, -0.25) is 4.99 Å². The maximum absolute atomic E-state index is 5.69. The van der Waals surface area contributed by atoms with Crippen LogP contribution in [0.3, 0.4) is 0 Å². The predicted octanol–water partition coefficient (Wildman–Crippen LogP) is 3.37. The van der Waals surface area contributed by atoms with Gasteiger partial charge in [0.25, 0.3) is 0 Å². The molecule has 2 N–H and O–H groups in total. The third-order valence-corrected chi connectivity index (χ3v) is 4.59. The summed E-state index contributed by atoms with van der Waals surface area (Å²) < 4.78 is 5.69. The Balaban J connectivity index is 1.51. The van der Waals surface area contributed by atoms with Crippen LogP contribution in [-0.4, -0.2) is 32.8 Å². The van der Waals surface area contributed by atoms with Crippen molar-refractivity contribution in [1.82, 2.24) is 10.6 Å². The summed E-state index contributed by atoms with van der Waals surface area (Å²) in [6, 6.07) is 14.7. The first kappa shape index (κ1) is 18.5. The Morgan fingerprint density at radius 1 is 1.08 bits per heavy atom. The molecule has 5 heteroatoms. The Morgan fingerprint density at radius 2 is 1.92 bits per heavy atom. The number of rotatable bonds is 9. The van der Waals surface area contributed by atoms with Crippen molar-refractivity contribution in [3.8, 4) is 0 Å². The van der Waals surface area contributed by atoms with Crippen LogP contribution in [0.15, 0.2) is 47.5 Å². The van der Waals surface area contributed by atoms with Gasteiger partial charge < -0.3 is 15.4 Å². The fourth-order valence-electron chi connectivity index (χ4n) is 2.29. The van der Waals surface area contributed by atoms with E-state index in [1.807, 2.05) is 17.4 Å². The van der Waals surface area contributed by atoms with Gasteiger partial charge in [0.05, 0.1) is 13.2 Å². The molecule has 2 rings (SSSR count). The summed E-state index contributed by atoms with van der Waals surface area (Å²) in [5.41, 5.74) is 1.32. The van der Waals surface area contributed by atoms with Crippen LogP contribution in [0.2, 0.25) is 0 Å². The van der Waals surface area contributed by atoms with E-state index in [0.29, 0.717) is 0 Å². The average molecular weight is 346 g/mol. The number of nitrogens with zero attached hydrogens (tertiary/aromatic N) is 1. The zero-order valence-electron chi connectivity index (χ0n) is 14.5. The highest BCUT2D eigenvalue weighted by molar-refractivity contribution is 7.11. The van der Waals surface area contributed by atoms with Crippen LogP contribution in [0.25, 0.3) is 0 Å². The molecule has 0 saturated carbocycles. The topological polar surface area (TPSA) is 45.7 Å². The van der Waals surface area contributed by atoms with Gasteiger partial charge in [0, 0.05) is 30.0 Å². The van der Waals surface area contributed by atoms with Crippen molar-refractivity contribution in [1.29, 1.82) is 0 Å². The number of ether oxygens (including phenoxy) is 1. The highest BCUT2D eigenvalue weighted by Gasteiger charge is 2.00. The van der Waals surface area contributed by atoms with Crippen LogP contribution in [0.5, 0.6) is 0 Å². The summed E-state index contributed by atoms with van der Waals surface area (Å²) in [6.45, 7) is 5.33. The van der Waals surface area contributed by atoms with Gasteiger partial charge in [-0.15, -0.1) is 11.3 Å². The van der Waals surface area contributed by atoms with Crippen molar-refractivity contribution in [3.63, 3.8) is 0 Å². The lowest BCUT2D eigenvalue weighted by atomic mass is 10.2. The maximum Gasteiger partial charge on any atom is 0.191 e. The number of aliphatic imine (C=N–C) groups is 1. The van der Waals surface area contributed by atoms with E-state index in [0.717, 1.165) is 45.1 Å². The third-order valence-electron chi connectivity index (χ3n) is 3.59. The molecule has 4 nitrogen and oxygen atoms in total. The monoisotopic (exact) mass is 345 g/mol. The summed E-state index contributed by atoms with van der Waals surface area (Å²) in [5.74, 6) is 0.838. The quantitative estimate of drug-likeness (QED) is 0.416. The molecule has 0 unspecified atom stereocenters. The smallest absolute Gasteiger partial charge is 0.191 e. The Bertz CT molecular complexity index is 610. The Hall–Kier alpha value is -1.85. The minimum Gasteiger partial charge on any atom is -0.381 e. The summed E-state index contributed by atoms with van der Waals surface area (Å²) in [4.78, 5) is 6.90. The first-order valence-electron chi connectivity index (χ1n) is 8.39. The number of nitrogens with one attached hydrogen (secondary N) is 2. The molecule has 24 heavy (non-hydrogen) atoms. The molecule has 1 aromatic heterocycles. The van der Waals surface area contributed by atoms with Crippen LogP contribution in [0.1, 0.15) is 21.7 Å². The normalized spacial score (nSPS) is 11.5. The zero-order valence-corrected chi connectivity index (χ0v) is 15.4. The fourth-order valence-corrected chi connectivity index (χ4v) is 3.12. The largest absolute Gasteiger partial charge is 0.381 e. The molecule has 0 fully saturated rings. The molecule has 1 aromatic carbocycles. The van der Waals surface area contributed by atoms with Gasteiger partial charge >= 0.3 is 0 Å². The molecule has 0 atom stereocenters. The van der Waals surface area contributed by atoms with Crippen molar-refractivity contribution in [2.24, 2.45) is 4.99 Å². The minimum absolute atomic E-state index is 0.765. The second-order valence-corrected chi connectivity index (χ2v) is 6.94. The van der Waals surface area contributed by atoms with E-state index in [-0.39, 0.29) is 0 Å². The summed E-state index contributed by atoms with van der Waals surface area (Å²) in [7, 11) is 1.80. The van der Waals surface area contributed by atoms with Crippen LogP contribution >= 0.6 is 11.3 Å². The van der Waals surface area contributed by atoms with Crippen LogP contribution in [0.4, 0.5) is 0 Å². The summed E-state index contributed by atoms with van der Waals surface area (Å²) >= 11 is 1.81. The molecule has 0 spiro atoms. The lowest BCUT2D eigenvalue weighted by Gasteiger charge is -2.11. The lowest BCUT2D eigenvalue weighted by molar-refractivity contribution is 0.135. The van der Waals surface area contributed by atoms with E-state index in [2.05, 4.69) is 58.9 Å². The molecule has 0 aliphatic carbocycles. The van der Waals surface area contributed by atoms with Gasteiger partial charge in [0.1, 0.15) is 0 Å². The Morgan fingerprint density at radius 3 is 2.62 bits per heavy atom. The number of guanidine groups is 1. The van der Waals surface area contributed by atoms with Gasteiger partial charge in [0.2, 0.25) is 0 Å². The van der Waals surface area contributed by atoms with E-state index < -0.39 is 0 Å². The number of hydrogen-bond acceptors (Lipinski definition) is 3. The average Bonchev–Trinajstić information content (AvgIpc) is 3.03. The second kappa shape index (κ2) is 10.8. The van der Waals surface area contributed by atoms with E-state index in [1.54, 1.807) is 7.05 Å². The van der Waals surface area contributed by atoms with Crippen LogP contribution in [0, 0.1) is 6.92 Å². The molecule has 0 radical (unpaired) electrons. The van der Waals surface area contributed by atoms with Gasteiger partial charge in [-0.25, -0.2) is 0 Å². The van der Waals surface area contributed by atoms with E-state index >= 15 is 0 Å². The van der Waals surface area contributed by atoms with Gasteiger partial charge in [0.15, 0.2) is 5.96 Å². The zero-order chi connectivity index (χ0) is 17.0. The van der Waals surface area contributed by atoms with Crippen LogP contribution < -0.4 is 10.6 Å². The second-order valence-electron chi connectivity index (χ2n) is 5.57. The van der Waals surface area contributed by atoms with E-state index in [1.165, 1.54) is 15.3 Å². The lowest BCUT2D eigenvalue weighted by Crippen LogP contribution is -2.37. The molecule has 0 saturated heterocycles. The van der Waals surface area contributed by atoms with Crippen molar-refractivity contribution >= 4 is 17.3 Å². The SMILES string of the molecule is CN=C(NCCCOCCc1ccccc1)NCc1ccc(C)s1. The standard InChI is InChI=1S/C19H27N3OS/c1-16-9-10-18(24-16)15-22-19(20-2)21-12-6-13-23-14-11-17-7-4-3-5-8-17/h3-5,7-10H,6,11-15H2,1-2H3,(H2,20,21,22). The molecule has 2 aromatic rings. The molecule has 1 heterocycles. The fraction of sp³-hybridized carbons (Fsp3) is 0.421. The number of hydrogen-bond donors (Lipinski definition) is 2. The number of aryl methyl sites for hydroxylation is 1. The van der Waals surface area contributed by atoms with Crippen molar-refractivity contribution in [2.75, 3.05) is 26.8 Å². The third kappa shape index (κ3) is 7.15. The Kier molecular flexibility index (Phi) is 8.35. The van der Waals surface area contributed by atoms with Gasteiger partial charge in [-0.1, -0.05) is 30.3 Å². The molecule has 0 aliphatic rings. The first-order valence-corrected chi connectivity index (χ1v) is 9.21. The van der Waals surface area contributed by atoms with E-state index in [4.69, 9.17) is 4.74 Å². The molecular weight excluding hydrogens is 318 g/mol. The van der Waals surface area contributed by atoms with Crippen LogP contribution in [-0.2, 0) is 17.7 Å². The highest BCUT2D eigenvalue weighted by Crippen LogP contribution is 2.14. The predicted molar refractivity (Wildman–Crippen MR) is 103 cm³/mol. The maximum atomic E-state index is 5.69.